The molecule has 0 saturated carbocycles. The van der Waals surface area contributed by atoms with Gasteiger partial charge in [-0.3, -0.25) is 9.36 Å². The predicted molar refractivity (Wildman–Crippen MR) is 114 cm³/mol. The Kier molecular flexibility index (Phi) is 5.78. The molecule has 3 aromatic rings. The van der Waals surface area contributed by atoms with Crippen molar-refractivity contribution in [2.45, 2.75) is 37.9 Å². The summed E-state index contributed by atoms with van der Waals surface area (Å²) in [4.78, 5) is 22.5. The van der Waals surface area contributed by atoms with E-state index >= 15 is 0 Å². The van der Waals surface area contributed by atoms with Crippen molar-refractivity contribution in [3.8, 4) is 10.4 Å². The molecule has 26 heavy (non-hydrogen) atoms. The lowest BCUT2D eigenvalue weighted by Crippen LogP contribution is -2.31. The van der Waals surface area contributed by atoms with Crippen molar-refractivity contribution in [2.24, 2.45) is 0 Å². The van der Waals surface area contributed by atoms with E-state index in [0.717, 1.165) is 38.1 Å². The lowest BCUT2D eigenvalue weighted by Gasteiger charge is -2.26. The molecule has 0 spiro atoms. The van der Waals surface area contributed by atoms with E-state index in [1.165, 1.54) is 32.4 Å². The standard InChI is InChI=1S/C19H23N3OS3/c1-2-22-18(23)16-14(15-7-6-11-24-15)13-26-17(16)20-19(22)25-12-10-21-8-4-3-5-9-21/h6-7,11,13H,2-5,8-10,12H2,1H3. The summed E-state index contributed by atoms with van der Waals surface area (Å²) < 4.78 is 1.84. The quantitative estimate of drug-likeness (QED) is 0.437. The number of nitrogens with zero attached hydrogens (tertiary/aromatic N) is 3. The maximum Gasteiger partial charge on any atom is 0.263 e. The van der Waals surface area contributed by atoms with Gasteiger partial charge in [-0.15, -0.1) is 22.7 Å². The predicted octanol–water partition coefficient (Wildman–Crippen LogP) is 4.78. The van der Waals surface area contributed by atoms with Crippen molar-refractivity contribution in [1.29, 1.82) is 0 Å². The molecule has 0 atom stereocenters. The first-order valence-corrected chi connectivity index (χ1v) is 11.9. The Morgan fingerprint density at radius 1 is 1.23 bits per heavy atom. The molecule has 0 amide bonds. The monoisotopic (exact) mass is 405 g/mol. The zero-order valence-electron chi connectivity index (χ0n) is 14.9. The Balaban J connectivity index is 1.60. The maximum absolute atomic E-state index is 13.1. The Labute approximate surface area is 165 Å². The first-order valence-electron chi connectivity index (χ1n) is 9.19. The smallest absolute Gasteiger partial charge is 0.263 e. The average molecular weight is 406 g/mol. The van der Waals surface area contributed by atoms with Crippen LogP contribution in [0.1, 0.15) is 26.2 Å². The minimum absolute atomic E-state index is 0.0997. The first-order chi connectivity index (χ1) is 12.8. The van der Waals surface area contributed by atoms with Gasteiger partial charge in [0.2, 0.25) is 0 Å². The van der Waals surface area contributed by atoms with Gasteiger partial charge in [-0.25, -0.2) is 4.98 Å². The summed E-state index contributed by atoms with van der Waals surface area (Å²) in [6.45, 7) is 6.19. The van der Waals surface area contributed by atoms with Gasteiger partial charge < -0.3 is 4.90 Å². The number of thiophene rings is 2. The number of rotatable bonds is 6. The van der Waals surface area contributed by atoms with E-state index in [9.17, 15) is 4.79 Å². The van der Waals surface area contributed by atoms with Gasteiger partial charge in [0.05, 0.1) is 5.39 Å². The molecule has 1 saturated heterocycles. The Bertz CT molecular complexity index is 924. The van der Waals surface area contributed by atoms with Crippen molar-refractivity contribution < 1.29 is 0 Å². The molecule has 4 heterocycles. The first kappa shape index (κ1) is 18.2. The summed E-state index contributed by atoms with van der Waals surface area (Å²) in [6.07, 6.45) is 3.99. The third kappa shape index (κ3) is 3.63. The fraction of sp³-hybridized carbons (Fsp3) is 0.474. The summed E-state index contributed by atoms with van der Waals surface area (Å²) in [5, 5.41) is 5.77. The third-order valence-electron chi connectivity index (χ3n) is 4.85. The van der Waals surface area contributed by atoms with Gasteiger partial charge in [-0.2, -0.15) is 0 Å². The van der Waals surface area contributed by atoms with E-state index < -0.39 is 0 Å². The van der Waals surface area contributed by atoms with Crippen LogP contribution in [0.4, 0.5) is 0 Å². The molecule has 0 unspecified atom stereocenters. The van der Waals surface area contributed by atoms with Gasteiger partial charge in [0, 0.05) is 34.7 Å². The number of hydrogen-bond acceptors (Lipinski definition) is 6. The van der Waals surface area contributed by atoms with Gasteiger partial charge in [0.1, 0.15) is 4.83 Å². The molecule has 138 valence electrons. The van der Waals surface area contributed by atoms with Gasteiger partial charge >= 0.3 is 0 Å². The summed E-state index contributed by atoms with van der Waals surface area (Å²) in [7, 11) is 0. The summed E-state index contributed by atoms with van der Waals surface area (Å²) in [5.74, 6) is 0.987. The van der Waals surface area contributed by atoms with Gasteiger partial charge in [0.15, 0.2) is 5.16 Å². The molecular weight excluding hydrogens is 382 g/mol. The lowest BCUT2D eigenvalue weighted by atomic mass is 10.1. The normalized spacial score (nSPS) is 15.7. The molecule has 4 rings (SSSR count). The molecule has 7 heteroatoms. The largest absolute Gasteiger partial charge is 0.303 e. The van der Waals surface area contributed by atoms with E-state index in [4.69, 9.17) is 4.98 Å². The van der Waals surface area contributed by atoms with Crippen LogP contribution in [0.3, 0.4) is 0 Å². The van der Waals surface area contributed by atoms with Crippen LogP contribution in [0.2, 0.25) is 0 Å². The molecule has 1 aliphatic heterocycles. The van der Waals surface area contributed by atoms with E-state index in [2.05, 4.69) is 21.7 Å². The zero-order valence-corrected chi connectivity index (χ0v) is 17.4. The van der Waals surface area contributed by atoms with Gasteiger partial charge in [-0.1, -0.05) is 24.2 Å². The van der Waals surface area contributed by atoms with E-state index in [-0.39, 0.29) is 5.56 Å². The molecule has 0 N–H and O–H groups in total. The van der Waals surface area contributed by atoms with Crippen LogP contribution in [-0.4, -0.2) is 39.8 Å². The molecule has 4 nitrogen and oxygen atoms in total. The van der Waals surface area contributed by atoms with Crippen LogP contribution in [0, 0.1) is 0 Å². The van der Waals surface area contributed by atoms with Crippen LogP contribution >= 0.6 is 34.4 Å². The number of fused-ring (bicyclic) bond motifs is 1. The van der Waals surface area contributed by atoms with E-state index in [1.54, 1.807) is 34.4 Å². The number of thioether (sulfide) groups is 1. The summed E-state index contributed by atoms with van der Waals surface area (Å²) in [5.41, 5.74) is 1.13. The second-order valence-corrected chi connectivity index (χ2v) is 9.37. The highest BCUT2D eigenvalue weighted by atomic mass is 32.2. The van der Waals surface area contributed by atoms with E-state index in [0.29, 0.717) is 6.54 Å². The summed E-state index contributed by atoms with van der Waals surface area (Å²) in [6, 6.07) is 4.10. The van der Waals surface area contributed by atoms with Crippen LogP contribution in [0.25, 0.3) is 20.7 Å². The average Bonchev–Trinajstić information content (AvgIpc) is 3.32. The van der Waals surface area contributed by atoms with Crippen molar-refractivity contribution in [1.82, 2.24) is 14.5 Å². The molecule has 0 aromatic carbocycles. The molecule has 3 aromatic heterocycles. The zero-order chi connectivity index (χ0) is 17.9. The molecular formula is C19H23N3OS3. The van der Waals surface area contributed by atoms with Crippen molar-refractivity contribution in [2.75, 3.05) is 25.4 Å². The number of hydrogen-bond donors (Lipinski definition) is 0. The highest BCUT2D eigenvalue weighted by molar-refractivity contribution is 7.99. The fourth-order valence-corrected chi connectivity index (χ4v) is 6.32. The van der Waals surface area contributed by atoms with Crippen LogP contribution in [0.15, 0.2) is 32.8 Å². The SMILES string of the molecule is CCn1c(SCCN2CCCCC2)nc2scc(-c3cccs3)c2c1=O. The van der Waals surface area contributed by atoms with Crippen LogP contribution in [0.5, 0.6) is 0 Å². The Hall–Kier alpha value is -1.15. The number of likely N-dealkylation sites (tertiary alicyclic amines) is 1. The number of piperidine rings is 1. The Morgan fingerprint density at radius 3 is 2.81 bits per heavy atom. The summed E-state index contributed by atoms with van der Waals surface area (Å²) >= 11 is 4.97. The highest BCUT2D eigenvalue weighted by Gasteiger charge is 2.17. The van der Waals surface area contributed by atoms with Crippen molar-refractivity contribution in [3.05, 3.63) is 33.2 Å². The number of aromatic nitrogens is 2. The Morgan fingerprint density at radius 2 is 2.08 bits per heavy atom. The third-order valence-corrected chi connectivity index (χ3v) is 7.58. The van der Waals surface area contributed by atoms with Gasteiger partial charge in [-0.05, 0) is 44.3 Å². The second kappa shape index (κ2) is 8.25. The molecule has 0 aliphatic carbocycles. The topological polar surface area (TPSA) is 38.1 Å². The van der Waals surface area contributed by atoms with E-state index in [1.807, 2.05) is 17.6 Å². The molecule has 0 radical (unpaired) electrons. The van der Waals surface area contributed by atoms with Crippen LogP contribution in [-0.2, 0) is 6.54 Å². The van der Waals surface area contributed by atoms with Crippen molar-refractivity contribution >= 4 is 44.7 Å². The van der Waals surface area contributed by atoms with Gasteiger partial charge in [0.25, 0.3) is 5.56 Å². The highest BCUT2D eigenvalue weighted by Crippen LogP contribution is 2.34. The molecule has 1 aliphatic rings. The molecule has 0 bridgehead atoms. The second-order valence-electron chi connectivity index (χ2n) is 6.50. The fourth-order valence-electron chi connectivity index (χ4n) is 3.46. The van der Waals surface area contributed by atoms with Crippen LogP contribution < -0.4 is 5.56 Å². The minimum atomic E-state index is 0.0997. The maximum atomic E-state index is 13.1. The van der Waals surface area contributed by atoms with Crippen molar-refractivity contribution in [3.63, 3.8) is 0 Å². The lowest BCUT2D eigenvalue weighted by molar-refractivity contribution is 0.242. The minimum Gasteiger partial charge on any atom is -0.303 e. The molecule has 1 fully saturated rings.